The molecule has 1 aliphatic heterocycles. The number of rotatable bonds is 5. The minimum absolute atomic E-state index is 0.227. The van der Waals surface area contributed by atoms with Crippen molar-refractivity contribution >= 4 is 46.6 Å². The van der Waals surface area contributed by atoms with Crippen molar-refractivity contribution in [1.29, 1.82) is 0 Å². The summed E-state index contributed by atoms with van der Waals surface area (Å²) in [5.41, 5.74) is 2.71. The average Bonchev–Trinajstić information content (AvgIpc) is 3.31. The molecule has 3 aromatic rings. The summed E-state index contributed by atoms with van der Waals surface area (Å²) in [4.78, 5) is 14.0. The van der Waals surface area contributed by atoms with E-state index >= 15 is 0 Å². The molecule has 0 saturated carbocycles. The maximum atomic E-state index is 12.0. The minimum Gasteiger partial charge on any atom is -0.465 e. The molecule has 1 atom stereocenters. The van der Waals surface area contributed by atoms with E-state index in [0.29, 0.717) is 34.1 Å². The summed E-state index contributed by atoms with van der Waals surface area (Å²) in [5.74, 6) is 0.427. The highest BCUT2D eigenvalue weighted by Crippen LogP contribution is 2.35. The molecule has 1 saturated heterocycles. The Morgan fingerprint density at radius 2 is 1.97 bits per heavy atom. The summed E-state index contributed by atoms with van der Waals surface area (Å²) in [6.45, 7) is 0.426. The van der Waals surface area contributed by atoms with Crippen molar-refractivity contribution < 1.29 is 9.53 Å². The van der Waals surface area contributed by atoms with Gasteiger partial charge in [-0.2, -0.15) is 0 Å². The number of hydrogen-bond donors (Lipinski definition) is 0. The summed E-state index contributed by atoms with van der Waals surface area (Å²) in [6, 6.07) is 13.4. The number of cyclic esters (lactones) is 1. The van der Waals surface area contributed by atoms with Crippen LogP contribution < -0.4 is 4.90 Å². The van der Waals surface area contributed by atoms with Gasteiger partial charge in [-0.15, -0.1) is 10.2 Å². The van der Waals surface area contributed by atoms with E-state index in [4.69, 9.17) is 27.9 Å². The van der Waals surface area contributed by atoms with Crippen molar-refractivity contribution in [3.8, 4) is 17.1 Å². The molecule has 1 aliphatic rings. The predicted molar refractivity (Wildman–Crippen MR) is 116 cm³/mol. The van der Waals surface area contributed by atoms with Crippen LogP contribution in [0.5, 0.6) is 0 Å². The number of halogens is 2. The van der Waals surface area contributed by atoms with Crippen LogP contribution in [0.2, 0.25) is 10.0 Å². The van der Waals surface area contributed by atoms with E-state index in [2.05, 4.69) is 10.2 Å². The molecule has 2 aromatic carbocycles. The van der Waals surface area contributed by atoms with Crippen LogP contribution in [0.25, 0.3) is 17.1 Å². The number of nitrogens with zero attached hydrogens (tertiary/aromatic N) is 4. The lowest BCUT2D eigenvalue weighted by atomic mass is 10.1. The van der Waals surface area contributed by atoms with Gasteiger partial charge in [0.2, 0.25) is 0 Å². The summed E-state index contributed by atoms with van der Waals surface area (Å²) < 4.78 is 6.99. The lowest BCUT2D eigenvalue weighted by molar-refractivity contribution is -0.137. The zero-order valence-electron chi connectivity index (χ0n) is 15.8. The topological polar surface area (TPSA) is 60.2 Å². The Kier molecular flexibility index (Phi) is 5.72. The van der Waals surface area contributed by atoms with E-state index in [1.54, 1.807) is 12.1 Å². The van der Waals surface area contributed by atoms with Gasteiger partial charge in [-0.25, -0.2) is 0 Å². The molecule has 0 radical (unpaired) electrons. The van der Waals surface area contributed by atoms with Gasteiger partial charge in [0.05, 0.1) is 22.3 Å². The number of anilines is 1. The van der Waals surface area contributed by atoms with Crippen molar-refractivity contribution in [3.05, 3.63) is 52.5 Å². The molecule has 0 N–H and O–H groups in total. The molecule has 0 spiro atoms. The third-order valence-electron chi connectivity index (χ3n) is 4.55. The lowest BCUT2D eigenvalue weighted by Gasteiger charge is -2.15. The fourth-order valence-corrected chi connectivity index (χ4v) is 4.34. The van der Waals surface area contributed by atoms with Gasteiger partial charge in [0.25, 0.3) is 0 Å². The summed E-state index contributed by atoms with van der Waals surface area (Å²) >= 11 is 13.7. The van der Waals surface area contributed by atoms with E-state index < -0.39 is 0 Å². The molecule has 0 amide bonds. The van der Waals surface area contributed by atoms with Crippen LogP contribution in [0.1, 0.15) is 6.42 Å². The van der Waals surface area contributed by atoms with E-state index in [0.717, 1.165) is 16.9 Å². The van der Waals surface area contributed by atoms with Gasteiger partial charge < -0.3 is 9.64 Å². The predicted octanol–water partition coefficient (Wildman–Crippen LogP) is 4.71. The maximum absolute atomic E-state index is 12.0. The SMILES string of the molecule is CN(C)c1cccc(-c2nnc(S[C@@H]3CCOC3=O)n2-c2ccc(Cl)c(Cl)c2)c1. The van der Waals surface area contributed by atoms with Crippen molar-refractivity contribution in [2.24, 2.45) is 0 Å². The number of benzene rings is 2. The first-order valence-electron chi connectivity index (χ1n) is 8.96. The monoisotopic (exact) mass is 448 g/mol. The first-order chi connectivity index (χ1) is 13.9. The van der Waals surface area contributed by atoms with Crippen LogP contribution in [0.15, 0.2) is 47.6 Å². The number of aromatic nitrogens is 3. The Labute approximate surface area is 182 Å². The normalized spacial score (nSPS) is 16.1. The number of carbonyl (C=O) groups excluding carboxylic acids is 1. The second kappa shape index (κ2) is 8.26. The van der Waals surface area contributed by atoms with Gasteiger partial charge in [-0.3, -0.25) is 9.36 Å². The number of thioether (sulfide) groups is 1. The molecule has 0 bridgehead atoms. The van der Waals surface area contributed by atoms with Crippen molar-refractivity contribution in [1.82, 2.24) is 14.8 Å². The Morgan fingerprint density at radius 1 is 1.14 bits per heavy atom. The van der Waals surface area contributed by atoms with Crippen LogP contribution in [0.4, 0.5) is 5.69 Å². The van der Waals surface area contributed by atoms with Crippen LogP contribution in [-0.2, 0) is 9.53 Å². The highest BCUT2D eigenvalue weighted by atomic mass is 35.5. The molecular weight excluding hydrogens is 431 g/mol. The van der Waals surface area contributed by atoms with E-state index in [9.17, 15) is 4.79 Å². The second-order valence-corrected chi connectivity index (χ2v) is 8.73. The lowest BCUT2D eigenvalue weighted by Crippen LogP contribution is -2.11. The van der Waals surface area contributed by atoms with Gasteiger partial charge >= 0.3 is 5.97 Å². The molecule has 6 nitrogen and oxygen atoms in total. The summed E-state index contributed by atoms with van der Waals surface area (Å²) in [6.07, 6.45) is 0.642. The number of esters is 1. The number of hydrogen-bond acceptors (Lipinski definition) is 6. The Balaban J connectivity index is 1.84. The first kappa shape index (κ1) is 20.1. The third-order valence-corrected chi connectivity index (χ3v) is 6.48. The Hall–Kier alpha value is -2.22. The van der Waals surface area contributed by atoms with E-state index in [1.807, 2.05) is 53.9 Å². The fourth-order valence-electron chi connectivity index (χ4n) is 3.02. The molecule has 0 aliphatic carbocycles. The molecule has 2 heterocycles. The first-order valence-corrected chi connectivity index (χ1v) is 10.6. The number of ether oxygens (including phenoxy) is 1. The molecule has 150 valence electrons. The molecule has 1 aromatic heterocycles. The van der Waals surface area contributed by atoms with E-state index in [1.165, 1.54) is 11.8 Å². The highest BCUT2D eigenvalue weighted by molar-refractivity contribution is 8.00. The van der Waals surface area contributed by atoms with Crippen molar-refractivity contribution in [3.63, 3.8) is 0 Å². The molecular formula is C20H18Cl2N4O2S. The standard InChI is InChI=1S/C20H18Cl2N4O2S/c1-25(2)13-5-3-4-12(10-13)18-23-24-20(29-17-8-9-28-19(17)27)26(18)14-6-7-15(21)16(22)11-14/h3-7,10-11,17H,8-9H2,1-2H3/t17-/m1/s1. The highest BCUT2D eigenvalue weighted by Gasteiger charge is 2.30. The maximum Gasteiger partial charge on any atom is 0.319 e. The molecule has 9 heteroatoms. The minimum atomic E-state index is -0.304. The van der Waals surface area contributed by atoms with Crippen LogP contribution in [0.3, 0.4) is 0 Å². The van der Waals surface area contributed by atoms with Crippen LogP contribution in [0, 0.1) is 0 Å². The second-order valence-electron chi connectivity index (χ2n) is 6.75. The molecule has 1 fully saturated rings. The summed E-state index contributed by atoms with van der Waals surface area (Å²) in [7, 11) is 3.96. The zero-order valence-corrected chi connectivity index (χ0v) is 18.1. The van der Waals surface area contributed by atoms with Crippen LogP contribution >= 0.6 is 35.0 Å². The Bertz CT molecular complexity index is 1070. The van der Waals surface area contributed by atoms with Gasteiger partial charge in [0.1, 0.15) is 5.25 Å². The smallest absolute Gasteiger partial charge is 0.319 e. The average molecular weight is 449 g/mol. The third kappa shape index (κ3) is 4.08. The Morgan fingerprint density at radius 3 is 2.66 bits per heavy atom. The van der Waals surface area contributed by atoms with E-state index in [-0.39, 0.29) is 11.2 Å². The van der Waals surface area contributed by atoms with Gasteiger partial charge in [-0.1, -0.05) is 47.1 Å². The van der Waals surface area contributed by atoms with Crippen molar-refractivity contribution in [2.45, 2.75) is 16.8 Å². The van der Waals surface area contributed by atoms with Gasteiger partial charge in [0.15, 0.2) is 11.0 Å². The largest absolute Gasteiger partial charge is 0.465 e. The van der Waals surface area contributed by atoms with Gasteiger partial charge in [0, 0.05) is 31.8 Å². The summed E-state index contributed by atoms with van der Waals surface area (Å²) in [5, 5.41) is 9.99. The fraction of sp³-hybridized carbons (Fsp3) is 0.250. The zero-order chi connectivity index (χ0) is 20.5. The molecule has 4 rings (SSSR count). The molecule has 29 heavy (non-hydrogen) atoms. The number of carbonyl (C=O) groups is 1. The van der Waals surface area contributed by atoms with Crippen molar-refractivity contribution in [2.75, 3.05) is 25.6 Å². The quantitative estimate of drug-likeness (QED) is 0.526. The van der Waals surface area contributed by atoms with Gasteiger partial charge in [-0.05, 0) is 30.3 Å². The van der Waals surface area contributed by atoms with Crippen LogP contribution in [-0.4, -0.2) is 46.7 Å². The molecule has 0 unspecified atom stereocenters.